The molecule has 0 spiro atoms. The summed E-state index contributed by atoms with van der Waals surface area (Å²) >= 11 is 7.24. The number of rotatable bonds is 7. The lowest BCUT2D eigenvalue weighted by Crippen LogP contribution is -2.17. The lowest BCUT2D eigenvalue weighted by atomic mass is 10.2. The fourth-order valence-corrected chi connectivity index (χ4v) is 3.45. The molecule has 2 N–H and O–H groups in total. The van der Waals surface area contributed by atoms with E-state index in [0.29, 0.717) is 27.4 Å². The van der Waals surface area contributed by atoms with Crippen LogP contribution >= 0.6 is 23.4 Å². The SMILES string of the molecule is Cc1ccc(NC(=O)Cc2nnc(SCC(=O)Nc3cccc(F)c3)n2C)cc1Cl. The Morgan fingerprint density at radius 2 is 1.83 bits per heavy atom. The lowest BCUT2D eigenvalue weighted by Gasteiger charge is -2.07. The minimum absolute atomic E-state index is 0.0189. The molecule has 0 fully saturated rings. The van der Waals surface area contributed by atoms with Crippen molar-refractivity contribution in [1.82, 2.24) is 14.8 Å². The van der Waals surface area contributed by atoms with Crippen molar-refractivity contribution >= 4 is 46.6 Å². The summed E-state index contributed by atoms with van der Waals surface area (Å²) in [5.41, 5.74) is 1.90. The van der Waals surface area contributed by atoms with Crippen molar-refractivity contribution in [2.24, 2.45) is 7.05 Å². The first-order valence-corrected chi connectivity index (χ1v) is 10.3. The molecule has 0 aliphatic heterocycles. The van der Waals surface area contributed by atoms with Gasteiger partial charge in [-0.25, -0.2) is 4.39 Å². The van der Waals surface area contributed by atoms with E-state index in [0.717, 1.165) is 5.56 Å². The second-order valence-electron chi connectivity index (χ2n) is 6.49. The summed E-state index contributed by atoms with van der Waals surface area (Å²) in [6.07, 6.45) is 0.0189. The number of benzene rings is 2. The van der Waals surface area contributed by atoms with Crippen LogP contribution in [0.25, 0.3) is 0 Å². The minimum atomic E-state index is -0.426. The molecule has 0 bridgehead atoms. The fraction of sp³-hybridized carbons (Fsp3) is 0.200. The molecule has 3 aromatic rings. The summed E-state index contributed by atoms with van der Waals surface area (Å²) in [5, 5.41) is 14.5. The maximum Gasteiger partial charge on any atom is 0.234 e. The van der Waals surface area contributed by atoms with Crippen LogP contribution in [0, 0.1) is 12.7 Å². The highest BCUT2D eigenvalue weighted by Gasteiger charge is 2.15. The third-order valence-corrected chi connectivity index (χ3v) is 5.57. The molecule has 2 amide bonds. The largest absolute Gasteiger partial charge is 0.326 e. The Balaban J connectivity index is 1.54. The Labute approximate surface area is 182 Å². The van der Waals surface area contributed by atoms with E-state index in [4.69, 9.17) is 11.6 Å². The summed E-state index contributed by atoms with van der Waals surface area (Å²) in [7, 11) is 1.72. The van der Waals surface area contributed by atoms with Crippen LogP contribution in [0.1, 0.15) is 11.4 Å². The molecule has 0 saturated carbocycles. The first-order valence-electron chi connectivity index (χ1n) is 8.94. The van der Waals surface area contributed by atoms with Gasteiger partial charge in [-0.3, -0.25) is 9.59 Å². The molecule has 0 radical (unpaired) electrons. The van der Waals surface area contributed by atoms with Gasteiger partial charge in [-0.05, 0) is 42.8 Å². The number of aryl methyl sites for hydroxylation is 1. The topological polar surface area (TPSA) is 88.9 Å². The van der Waals surface area contributed by atoms with Gasteiger partial charge in [0.2, 0.25) is 11.8 Å². The number of carbonyl (C=O) groups excluding carboxylic acids is 2. The number of carbonyl (C=O) groups is 2. The van der Waals surface area contributed by atoms with Gasteiger partial charge in [0.15, 0.2) is 5.16 Å². The molecule has 30 heavy (non-hydrogen) atoms. The number of nitrogens with zero attached hydrogens (tertiary/aromatic N) is 3. The average molecular weight is 448 g/mol. The summed E-state index contributed by atoms with van der Waals surface area (Å²) in [5.74, 6) is -0.463. The number of hydrogen-bond acceptors (Lipinski definition) is 5. The van der Waals surface area contributed by atoms with Crippen molar-refractivity contribution in [3.63, 3.8) is 0 Å². The number of aromatic nitrogens is 3. The molecular weight excluding hydrogens is 429 g/mol. The van der Waals surface area contributed by atoms with Crippen molar-refractivity contribution < 1.29 is 14.0 Å². The zero-order valence-electron chi connectivity index (χ0n) is 16.3. The molecule has 0 aliphatic carbocycles. The summed E-state index contributed by atoms with van der Waals surface area (Å²) < 4.78 is 14.8. The van der Waals surface area contributed by atoms with Crippen molar-refractivity contribution in [2.75, 3.05) is 16.4 Å². The Morgan fingerprint density at radius 1 is 1.10 bits per heavy atom. The first-order chi connectivity index (χ1) is 14.3. The standard InChI is InChI=1S/C20H19ClFN5O2S/c1-12-6-7-15(9-16(12)21)23-18(28)10-17-25-26-20(27(17)2)30-11-19(29)24-14-5-3-4-13(22)8-14/h3-9H,10-11H2,1-2H3,(H,23,28)(H,24,29). The van der Waals surface area contributed by atoms with E-state index >= 15 is 0 Å². The van der Waals surface area contributed by atoms with E-state index in [9.17, 15) is 14.0 Å². The molecular formula is C20H19ClFN5O2S. The molecule has 3 rings (SSSR count). The van der Waals surface area contributed by atoms with Gasteiger partial charge >= 0.3 is 0 Å². The van der Waals surface area contributed by atoms with Crippen LogP contribution in [-0.2, 0) is 23.1 Å². The van der Waals surface area contributed by atoms with Crippen molar-refractivity contribution in [2.45, 2.75) is 18.5 Å². The Hall–Kier alpha value is -2.91. The molecule has 0 aliphatic rings. The van der Waals surface area contributed by atoms with E-state index in [1.165, 1.54) is 30.0 Å². The molecule has 0 saturated heterocycles. The predicted octanol–water partition coefficient (Wildman–Crippen LogP) is 3.83. The minimum Gasteiger partial charge on any atom is -0.326 e. The number of amides is 2. The van der Waals surface area contributed by atoms with Crippen LogP contribution in [-0.4, -0.2) is 32.3 Å². The Kier molecular flexibility index (Phi) is 7.07. The van der Waals surface area contributed by atoms with Gasteiger partial charge in [0.1, 0.15) is 11.6 Å². The molecule has 10 heteroatoms. The molecule has 0 atom stereocenters. The number of anilines is 2. The highest BCUT2D eigenvalue weighted by atomic mass is 35.5. The highest BCUT2D eigenvalue weighted by molar-refractivity contribution is 7.99. The summed E-state index contributed by atoms with van der Waals surface area (Å²) in [4.78, 5) is 24.4. The van der Waals surface area contributed by atoms with E-state index in [-0.39, 0.29) is 24.0 Å². The normalized spacial score (nSPS) is 10.7. The lowest BCUT2D eigenvalue weighted by molar-refractivity contribution is -0.116. The van der Waals surface area contributed by atoms with Crippen molar-refractivity contribution in [3.05, 3.63) is 64.7 Å². The van der Waals surface area contributed by atoms with Crippen molar-refractivity contribution in [1.29, 1.82) is 0 Å². The second kappa shape index (κ2) is 9.73. The second-order valence-corrected chi connectivity index (χ2v) is 7.84. The molecule has 7 nitrogen and oxygen atoms in total. The molecule has 1 aromatic heterocycles. The molecule has 1 heterocycles. The maximum atomic E-state index is 13.2. The third-order valence-electron chi connectivity index (χ3n) is 4.14. The van der Waals surface area contributed by atoms with Gasteiger partial charge < -0.3 is 15.2 Å². The zero-order valence-corrected chi connectivity index (χ0v) is 17.9. The van der Waals surface area contributed by atoms with Crippen molar-refractivity contribution in [3.8, 4) is 0 Å². The van der Waals surface area contributed by atoms with Crippen LogP contribution in [0.2, 0.25) is 5.02 Å². The van der Waals surface area contributed by atoms with Gasteiger partial charge in [0.25, 0.3) is 0 Å². The third kappa shape index (κ3) is 5.80. The van der Waals surface area contributed by atoms with Crippen LogP contribution < -0.4 is 10.6 Å². The molecule has 0 unspecified atom stereocenters. The van der Waals surface area contributed by atoms with E-state index in [1.807, 2.05) is 13.0 Å². The van der Waals surface area contributed by atoms with Crippen LogP contribution in [0.3, 0.4) is 0 Å². The zero-order chi connectivity index (χ0) is 21.7. The number of halogens is 2. The molecule has 156 valence electrons. The number of hydrogen-bond donors (Lipinski definition) is 2. The fourth-order valence-electron chi connectivity index (χ4n) is 2.54. The van der Waals surface area contributed by atoms with E-state index in [2.05, 4.69) is 20.8 Å². The molecule has 2 aromatic carbocycles. The quantitative estimate of drug-likeness (QED) is 0.537. The highest BCUT2D eigenvalue weighted by Crippen LogP contribution is 2.21. The van der Waals surface area contributed by atoms with Gasteiger partial charge in [-0.15, -0.1) is 10.2 Å². The average Bonchev–Trinajstić information content (AvgIpc) is 3.02. The van der Waals surface area contributed by atoms with E-state index < -0.39 is 5.82 Å². The first kappa shape index (κ1) is 21.8. The van der Waals surface area contributed by atoms with Gasteiger partial charge in [-0.1, -0.05) is 35.5 Å². The van der Waals surface area contributed by atoms with Crippen LogP contribution in [0.15, 0.2) is 47.6 Å². The van der Waals surface area contributed by atoms with E-state index in [1.54, 1.807) is 29.8 Å². The summed E-state index contributed by atoms with van der Waals surface area (Å²) in [6.45, 7) is 1.88. The van der Waals surface area contributed by atoms with Crippen LogP contribution in [0.5, 0.6) is 0 Å². The predicted molar refractivity (Wildman–Crippen MR) is 115 cm³/mol. The van der Waals surface area contributed by atoms with Gasteiger partial charge in [-0.2, -0.15) is 0 Å². The maximum absolute atomic E-state index is 13.2. The van der Waals surface area contributed by atoms with Gasteiger partial charge in [0, 0.05) is 23.4 Å². The number of nitrogens with one attached hydrogen (secondary N) is 2. The Morgan fingerprint density at radius 3 is 2.57 bits per heavy atom. The number of thioether (sulfide) groups is 1. The Bertz CT molecular complexity index is 1090. The monoisotopic (exact) mass is 447 g/mol. The summed E-state index contributed by atoms with van der Waals surface area (Å²) in [6, 6.07) is 10.9. The van der Waals surface area contributed by atoms with Crippen LogP contribution in [0.4, 0.5) is 15.8 Å². The smallest absolute Gasteiger partial charge is 0.234 e. The van der Waals surface area contributed by atoms with Gasteiger partial charge in [0.05, 0.1) is 12.2 Å².